The van der Waals surface area contributed by atoms with Gasteiger partial charge in [-0.3, -0.25) is 4.79 Å². The lowest BCUT2D eigenvalue weighted by atomic mass is 9.68. The number of carboxylic acids is 2. The summed E-state index contributed by atoms with van der Waals surface area (Å²) >= 11 is 0. The summed E-state index contributed by atoms with van der Waals surface area (Å²) in [5.74, 6) is -2.45. The van der Waals surface area contributed by atoms with Crippen LogP contribution in [0.4, 0.5) is 13.2 Å². The van der Waals surface area contributed by atoms with E-state index in [1.807, 2.05) is 6.92 Å². The molecule has 0 aliphatic heterocycles. The number of rotatable bonds is 5. The molecule has 0 spiro atoms. The summed E-state index contributed by atoms with van der Waals surface area (Å²) in [6.07, 6.45) is 12.0. The van der Waals surface area contributed by atoms with Crippen LogP contribution < -0.4 is 0 Å². The fourth-order valence-electron chi connectivity index (χ4n) is 2.43. The molecule has 9 heteroatoms. The van der Waals surface area contributed by atoms with Crippen LogP contribution in [0.15, 0.2) is 42.5 Å². The average molecular weight is 376 g/mol. The predicted molar refractivity (Wildman–Crippen MR) is 89.3 cm³/mol. The SMILES string of the molecule is CCCCC1C(C(=O)O)=CC=CC1(C)C(=O)O.FC(F)F.c1c[nH]cn1. The van der Waals surface area contributed by atoms with Crippen LogP contribution in [0, 0.1) is 11.3 Å². The Labute approximate surface area is 149 Å². The molecule has 0 bridgehead atoms. The first kappa shape index (κ1) is 23.4. The lowest BCUT2D eigenvalue weighted by Gasteiger charge is -2.34. The normalized spacial score (nSPS) is 21.0. The fourth-order valence-corrected chi connectivity index (χ4v) is 2.43. The number of carbonyl (C=O) groups is 2. The second kappa shape index (κ2) is 11.9. The number of alkyl halides is 3. The first-order valence-electron chi connectivity index (χ1n) is 7.87. The second-order valence-electron chi connectivity index (χ2n) is 5.58. The van der Waals surface area contributed by atoms with Gasteiger partial charge in [-0.05, 0) is 13.3 Å². The molecule has 0 amide bonds. The number of H-pyrrole nitrogens is 1. The third-order valence-electron chi connectivity index (χ3n) is 3.78. The van der Waals surface area contributed by atoms with E-state index in [1.54, 1.807) is 31.7 Å². The van der Waals surface area contributed by atoms with Gasteiger partial charge in [0.05, 0.1) is 11.7 Å². The van der Waals surface area contributed by atoms with E-state index in [4.69, 9.17) is 5.11 Å². The summed E-state index contributed by atoms with van der Waals surface area (Å²) in [4.78, 5) is 28.9. The number of aliphatic carboxylic acids is 2. The summed E-state index contributed by atoms with van der Waals surface area (Å²) in [6, 6.07) is 0. The number of aromatic amines is 1. The minimum Gasteiger partial charge on any atom is -0.481 e. The van der Waals surface area contributed by atoms with Gasteiger partial charge in [-0.15, -0.1) is 0 Å². The highest BCUT2D eigenvalue weighted by Crippen LogP contribution is 2.41. The molecular formula is C17H23F3N2O4. The number of carboxylic acid groups (broad SMARTS) is 2. The second-order valence-corrected chi connectivity index (χ2v) is 5.58. The van der Waals surface area contributed by atoms with E-state index >= 15 is 0 Å². The topological polar surface area (TPSA) is 103 Å². The molecule has 0 aromatic carbocycles. The highest BCUT2D eigenvalue weighted by Gasteiger charge is 2.43. The molecular weight excluding hydrogens is 353 g/mol. The van der Waals surface area contributed by atoms with Crippen molar-refractivity contribution in [2.75, 3.05) is 0 Å². The fraction of sp³-hybridized carbons (Fsp3) is 0.471. The zero-order chi connectivity index (χ0) is 20.2. The smallest absolute Gasteiger partial charge is 0.379 e. The number of hydrogen-bond donors (Lipinski definition) is 3. The highest BCUT2D eigenvalue weighted by molar-refractivity contribution is 5.91. The van der Waals surface area contributed by atoms with E-state index in [9.17, 15) is 27.9 Å². The molecule has 1 heterocycles. The monoisotopic (exact) mass is 376 g/mol. The van der Waals surface area contributed by atoms with Crippen molar-refractivity contribution >= 4 is 11.9 Å². The number of nitrogens with one attached hydrogen (secondary N) is 1. The Bertz CT molecular complexity index is 583. The van der Waals surface area contributed by atoms with Gasteiger partial charge >= 0.3 is 18.6 Å². The molecule has 0 saturated carbocycles. The van der Waals surface area contributed by atoms with Crippen LogP contribution in [0.3, 0.4) is 0 Å². The van der Waals surface area contributed by atoms with Crippen molar-refractivity contribution in [1.29, 1.82) is 0 Å². The molecule has 1 aliphatic carbocycles. The van der Waals surface area contributed by atoms with Crippen molar-refractivity contribution in [3.8, 4) is 0 Å². The van der Waals surface area contributed by atoms with Crippen LogP contribution in [-0.2, 0) is 9.59 Å². The Balaban J connectivity index is 0.000000566. The van der Waals surface area contributed by atoms with E-state index in [-0.39, 0.29) is 5.57 Å². The third kappa shape index (κ3) is 8.00. The quantitative estimate of drug-likeness (QED) is 0.719. The van der Waals surface area contributed by atoms with Gasteiger partial charge in [-0.1, -0.05) is 38.0 Å². The lowest BCUT2D eigenvalue weighted by Crippen LogP contribution is -2.38. The van der Waals surface area contributed by atoms with Gasteiger partial charge < -0.3 is 15.2 Å². The van der Waals surface area contributed by atoms with Gasteiger partial charge in [0.2, 0.25) is 0 Å². The molecule has 1 aliphatic rings. The maximum absolute atomic E-state index is 11.3. The van der Waals surface area contributed by atoms with Crippen molar-refractivity contribution in [2.45, 2.75) is 39.8 Å². The van der Waals surface area contributed by atoms with Crippen molar-refractivity contribution in [3.63, 3.8) is 0 Å². The summed E-state index contributed by atoms with van der Waals surface area (Å²) in [6.45, 7) is -0.0803. The zero-order valence-corrected chi connectivity index (χ0v) is 14.5. The number of halogens is 3. The van der Waals surface area contributed by atoms with Gasteiger partial charge in [0.25, 0.3) is 0 Å². The Hall–Kier alpha value is -2.58. The highest BCUT2D eigenvalue weighted by atomic mass is 19.4. The van der Waals surface area contributed by atoms with Gasteiger partial charge in [-0.25, -0.2) is 9.78 Å². The first-order valence-corrected chi connectivity index (χ1v) is 7.87. The van der Waals surface area contributed by atoms with E-state index in [0.29, 0.717) is 6.42 Å². The average Bonchev–Trinajstić information content (AvgIpc) is 3.12. The standard InChI is InChI=1S/C13H18O4.C3H4N2.CHF3/c1-3-4-7-10-9(11(14)15)6-5-8-13(10,2)12(16)17;1-2-5-3-4-1;2-1(3)4/h5-6,8,10H,3-4,7H2,1-2H3,(H,14,15)(H,16,17);1-3H,(H,4,5);1H. The van der Waals surface area contributed by atoms with E-state index in [2.05, 4.69) is 9.97 Å². The molecule has 6 nitrogen and oxygen atoms in total. The summed E-state index contributed by atoms with van der Waals surface area (Å²) < 4.78 is 29.0. The number of unbranched alkanes of at least 4 members (excludes halogenated alkanes) is 1. The number of nitrogens with zero attached hydrogens (tertiary/aromatic N) is 1. The van der Waals surface area contributed by atoms with Crippen molar-refractivity contribution < 1.29 is 33.0 Å². The summed E-state index contributed by atoms with van der Waals surface area (Å²) in [5, 5.41) is 18.4. The Morgan fingerprint density at radius 1 is 1.35 bits per heavy atom. The number of aromatic nitrogens is 2. The third-order valence-corrected chi connectivity index (χ3v) is 3.78. The largest absolute Gasteiger partial charge is 0.481 e. The Morgan fingerprint density at radius 2 is 1.96 bits per heavy atom. The first-order chi connectivity index (χ1) is 12.2. The van der Waals surface area contributed by atoms with E-state index in [0.717, 1.165) is 12.8 Å². The van der Waals surface area contributed by atoms with Gasteiger partial charge in [0, 0.05) is 23.9 Å². The van der Waals surface area contributed by atoms with E-state index < -0.39 is 30.0 Å². The molecule has 26 heavy (non-hydrogen) atoms. The molecule has 2 unspecified atom stereocenters. The Kier molecular flexibility index (Phi) is 10.7. The van der Waals surface area contributed by atoms with Crippen LogP contribution in [0.5, 0.6) is 0 Å². The lowest BCUT2D eigenvalue weighted by molar-refractivity contribution is -0.148. The van der Waals surface area contributed by atoms with Crippen LogP contribution in [0.1, 0.15) is 33.1 Å². The number of imidazole rings is 1. The molecule has 2 atom stereocenters. The maximum atomic E-state index is 11.3. The van der Waals surface area contributed by atoms with Gasteiger partial charge in [0.1, 0.15) is 0 Å². The van der Waals surface area contributed by atoms with Crippen molar-refractivity contribution in [3.05, 3.63) is 42.5 Å². The van der Waals surface area contributed by atoms with Crippen LogP contribution in [-0.4, -0.2) is 38.8 Å². The molecule has 2 rings (SSSR count). The number of allylic oxidation sites excluding steroid dienone is 2. The molecule has 0 saturated heterocycles. The minimum atomic E-state index is -3.67. The molecule has 0 fully saturated rings. The minimum absolute atomic E-state index is 0.200. The van der Waals surface area contributed by atoms with Gasteiger partial charge in [0.15, 0.2) is 0 Å². The number of hydrogen-bond acceptors (Lipinski definition) is 3. The molecule has 146 valence electrons. The zero-order valence-electron chi connectivity index (χ0n) is 14.5. The van der Waals surface area contributed by atoms with Crippen LogP contribution in [0.2, 0.25) is 0 Å². The van der Waals surface area contributed by atoms with E-state index in [1.165, 1.54) is 12.2 Å². The van der Waals surface area contributed by atoms with Gasteiger partial charge in [-0.2, -0.15) is 13.2 Å². The van der Waals surface area contributed by atoms with Crippen LogP contribution >= 0.6 is 0 Å². The summed E-state index contributed by atoms with van der Waals surface area (Å²) in [7, 11) is 0. The van der Waals surface area contributed by atoms with Crippen LogP contribution in [0.25, 0.3) is 0 Å². The summed E-state index contributed by atoms with van der Waals surface area (Å²) in [5.41, 5.74) is -0.914. The maximum Gasteiger partial charge on any atom is 0.379 e. The van der Waals surface area contributed by atoms with Crippen molar-refractivity contribution in [1.82, 2.24) is 9.97 Å². The van der Waals surface area contributed by atoms with Crippen molar-refractivity contribution in [2.24, 2.45) is 11.3 Å². The Morgan fingerprint density at radius 3 is 2.31 bits per heavy atom. The molecule has 1 aromatic rings. The molecule has 3 N–H and O–H groups in total. The molecule has 1 aromatic heterocycles. The molecule has 0 radical (unpaired) electrons. The predicted octanol–water partition coefficient (Wildman–Crippen LogP) is 4.05.